The molecule has 5 heteroatoms. The Bertz CT molecular complexity index is 224. The van der Waals surface area contributed by atoms with Crippen LogP contribution in [0, 0.1) is 0 Å². The van der Waals surface area contributed by atoms with Crippen molar-refractivity contribution in [3.05, 3.63) is 0 Å². The molecule has 0 spiro atoms. The molecule has 2 aliphatic rings. The highest BCUT2D eigenvalue weighted by Gasteiger charge is 2.12. The van der Waals surface area contributed by atoms with Gasteiger partial charge in [-0.05, 0) is 33.7 Å². The Labute approximate surface area is 158 Å². The minimum absolute atomic E-state index is 0.795. The normalized spacial score (nSPS) is 18.8. The molecule has 0 aromatic heterocycles. The van der Waals surface area contributed by atoms with Gasteiger partial charge in [0.05, 0.1) is 13.2 Å². The van der Waals surface area contributed by atoms with E-state index in [-0.39, 0.29) is 0 Å². The van der Waals surface area contributed by atoms with Gasteiger partial charge in [-0.15, -0.1) is 0 Å². The maximum Gasteiger partial charge on any atom is 0.0656 e. The first-order chi connectivity index (χ1) is 12.1. The van der Waals surface area contributed by atoms with Gasteiger partial charge in [0, 0.05) is 39.3 Å². The van der Waals surface area contributed by atoms with Gasteiger partial charge in [-0.25, -0.2) is 0 Å². The van der Waals surface area contributed by atoms with Crippen LogP contribution in [-0.4, -0.2) is 74.6 Å². The molecule has 0 amide bonds. The average molecular weight is 362 g/mol. The molecule has 25 heavy (non-hydrogen) atoms. The fourth-order valence-electron chi connectivity index (χ4n) is 2.28. The summed E-state index contributed by atoms with van der Waals surface area (Å²) in [5.74, 6) is 0. The number of hydrogen-bond acceptors (Lipinski definition) is 5. The Morgan fingerprint density at radius 3 is 1.28 bits per heavy atom. The molecule has 0 N–H and O–H groups in total. The quantitative estimate of drug-likeness (QED) is 0.738. The smallest absolute Gasteiger partial charge is 0.0656 e. The van der Waals surface area contributed by atoms with Gasteiger partial charge in [-0.1, -0.05) is 47.0 Å². The van der Waals surface area contributed by atoms with Gasteiger partial charge in [-0.2, -0.15) is 10.1 Å². The van der Waals surface area contributed by atoms with Gasteiger partial charge < -0.3 is 4.90 Å². The molecular weight excluding hydrogens is 314 g/mol. The van der Waals surface area contributed by atoms with Gasteiger partial charge in [0.1, 0.15) is 0 Å². The van der Waals surface area contributed by atoms with Gasteiger partial charge in [0.25, 0.3) is 0 Å². The molecular formula is C20H47N3O2. The Balaban J connectivity index is 0. The molecule has 2 rings (SSSR count). The first-order valence-corrected chi connectivity index (χ1v) is 10.5. The minimum Gasteiger partial charge on any atom is -0.304 e. The zero-order chi connectivity index (χ0) is 19.3. The molecule has 5 nitrogen and oxygen atoms in total. The van der Waals surface area contributed by atoms with Crippen LogP contribution in [0.3, 0.4) is 0 Å². The van der Waals surface area contributed by atoms with Crippen LogP contribution in [-0.2, 0) is 9.68 Å². The number of nitrogens with zero attached hydrogens (tertiary/aromatic N) is 3. The van der Waals surface area contributed by atoms with E-state index >= 15 is 0 Å². The van der Waals surface area contributed by atoms with E-state index in [9.17, 15) is 0 Å². The lowest BCUT2D eigenvalue weighted by Crippen LogP contribution is -2.44. The largest absolute Gasteiger partial charge is 0.304 e. The number of piperazine rings is 1. The van der Waals surface area contributed by atoms with Crippen LogP contribution in [0.25, 0.3) is 0 Å². The van der Waals surface area contributed by atoms with Crippen molar-refractivity contribution in [1.29, 1.82) is 0 Å². The van der Waals surface area contributed by atoms with Crippen LogP contribution in [0.5, 0.6) is 0 Å². The molecule has 0 aromatic rings. The molecule has 2 saturated heterocycles. The van der Waals surface area contributed by atoms with Gasteiger partial charge >= 0.3 is 0 Å². The first-order valence-electron chi connectivity index (χ1n) is 10.5. The van der Waals surface area contributed by atoms with E-state index in [1.165, 1.54) is 32.1 Å². The number of likely N-dealkylation sites (N-methyl/N-ethyl adjacent to an activating group) is 1. The average Bonchev–Trinajstić information content (AvgIpc) is 2.61. The van der Waals surface area contributed by atoms with Crippen molar-refractivity contribution in [2.75, 3.05) is 59.5 Å². The standard InChI is InChI=1S/C7H16N2O.C7H15NO.2C3H8/c1-3-10-9-6-4-8(2)5-7-9;1-2-9-8-6-4-3-5-7-8;2*1-3-2/h3-7H2,1-2H3;2-7H2,1H3;2*3H2,1-2H3. The monoisotopic (exact) mass is 361 g/mol. The Hall–Kier alpha value is -0.200. The van der Waals surface area contributed by atoms with E-state index in [4.69, 9.17) is 9.68 Å². The molecule has 2 heterocycles. The molecule has 0 aliphatic carbocycles. The number of hydrogen-bond donors (Lipinski definition) is 0. The SMILES string of the molecule is CCC.CCC.CCON1CCCCC1.CCON1CCN(C)CC1. The third kappa shape index (κ3) is 20.0. The van der Waals surface area contributed by atoms with E-state index in [0.29, 0.717) is 0 Å². The highest BCUT2D eigenvalue weighted by atomic mass is 16.7. The van der Waals surface area contributed by atoms with Crippen molar-refractivity contribution in [1.82, 2.24) is 15.0 Å². The molecule has 154 valence electrons. The van der Waals surface area contributed by atoms with Crippen molar-refractivity contribution in [3.8, 4) is 0 Å². The molecule has 0 atom stereocenters. The lowest BCUT2D eigenvalue weighted by molar-refractivity contribution is -0.170. The molecule has 0 saturated carbocycles. The first kappa shape index (κ1) is 27.0. The Morgan fingerprint density at radius 2 is 0.920 bits per heavy atom. The summed E-state index contributed by atoms with van der Waals surface area (Å²) in [6.45, 7) is 20.8. The second kappa shape index (κ2) is 21.8. The Morgan fingerprint density at radius 1 is 0.560 bits per heavy atom. The minimum atomic E-state index is 0.795. The van der Waals surface area contributed by atoms with Crippen molar-refractivity contribution >= 4 is 0 Å². The van der Waals surface area contributed by atoms with Crippen LogP contribution in [0.2, 0.25) is 0 Å². The van der Waals surface area contributed by atoms with E-state index in [2.05, 4.69) is 44.7 Å². The summed E-state index contributed by atoms with van der Waals surface area (Å²) in [5, 5.41) is 4.11. The van der Waals surface area contributed by atoms with Crippen molar-refractivity contribution in [2.45, 2.75) is 73.6 Å². The fraction of sp³-hybridized carbons (Fsp3) is 1.00. The molecule has 2 aliphatic heterocycles. The highest BCUT2D eigenvalue weighted by Crippen LogP contribution is 2.07. The summed E-state index contributed by atoms with van der Waals surface area (Å²) in [6.07, 6.45) is 6.49. The predicted molar refractivity (Wildman–Crippen MR) is 110 cm³/mol. The molecule has 0 bridgehead atoms. The summed E-state index contributed by atoms with van der Waals surface area (Å²) < 4.78 is 0. The van der Waals surface area contributed by atoms with Crippen molar-refractivity contribution in [2.24, 2.45) is 0 Å². The maximum absolute atomic E-state index is 5.34. The molecule has 0 aromatic carbocycles. The van der Waals surface area contributed by atoms with Gasteiger partial charge in [-0.3, -0.25) is 9.68 Å². The van der Waals surface area contributed by atoms with Crippen molar-refractivity contribution in [3.63, 3.8) is 0 Å². The Kier molecular flexibility index (Phi) is 23.6. The van der Waals surface area contributed by atoms with E-state index in [0.717, 1.165) is 52.5 Å². The zero-order valence-electron chi connectivity index (χ0n) is 18.4. The van der Waals surface area contributed by atoms with Gasteiger partial charge in [0.15, 0.2) is 0 Å². The van der Waals surface area contributed by atoms with Crippen LogP contribution in [0.4, 0.5) is 0 Å². The van der Waals surface area contributed by atoms with Crippen LogP contribution >= 0.6 is 0 Å². The fourth-order valence-corrected chi connectivity index (χ4v) is 2.28. The van der Waals surface area contributed by atoms with Crippen LogP contribution < -0.4 is 0 Å². The summed E-state index contributed by atoms with van der Waals surface area (Å²) in [5.41, 5.74) is 0. The van der Waals surface area contributed by atoms with Crippen molar-refractivity contribution < 1.29 is 9.68 Å². The summed E-state index contributed by atoms with van der Waals surface area (Å²) in [6, 6.07) is 0. The second-order valence-corrected chi connectivity index (χ2v) is 6.47. The van der Waals surface area contributed by atoms with Gasteiger partial charge in [0.2, 0.25) is 0 Å². The number of piperidine rings is 1. The van der Waals surface area contributed by atoms with E-state index in [1.54, 1.807) is 0 Å². The maximum atomic E-state index is 5.34. The molecule has 2 fully saturated rings. The van der Waals surface area contributed by atoms with Crippen LogP contribution in [0.15, 0.2) is 0 Å². The lowest BCUT2D eigenvalue weighted by atomic mass is 10.2. The van der Waals surface area contributed by atoms with E-state index < -0.39 is 0 Å². The van der Waals surface area contributed by atoms with Crippen LogP contribution in [0.1, 0.15) is 73.6 Å². The number of hydroxylamine groups is 4. The topological polar surface area (TPSA) is 28.2 Å². The molecule has 0 radical (unpaired) electrons. The third-order valence-corrected chi connectivity index (χ3v) is 3.40. The summed E-state index contributed by atoms with van der Waals surface area (Å²) >= 11 is 0. The zero-order valence-corrected chi connectivity index (χ0v) is 18.4. The predicted octanol–water partition coefficient (Wildman–Crippen LogP) is 4.44. The van der Waals surface area contributed by atoms with E-state index in [1.807, 2.05) is 18.9 Å². The number of rotatable bonds is 4. The highest BCUT2D eigenvalue weighted by molar-refractivity contribution is 4.62. The summed E-state index contributed by atoms with van der Waals surface area (Å²) in [7, 11) is 2.14. The lowest BCUT2D eigenvalue weighted by Gasteiger charge is -2.30. The summed E-state index contributed by atoms with van der Waals surface area (Å²) in [4.78, 5) is 13.0. The third-order valence-electron chi connectivity index (χ3n) is 3.40. The molecule has 0 unspecified atom stereocenters. The second-order valence-electron chi connectivity index (χ2n) is 6.47.